The molecule has 0 spiro atoms. The molecule has 1 fully saturated rings. The van der Waals surface area contributed by atoms with Gasteiger partial charge in [0, 0.05) is 22.5 Å². The Labute approximate surface area is 174 Å². The van der Waals surface area contributed by atoms with Gasteiger partial charge in [-0.05, 0) is 68.9 Å². The quantitative estimate of drug-likeness (QED) is 0.627. The molecule has 1 saturated heterocycles. The van der Waals surface area contributed by atoms with Crippen molar-refractivity contribution in [3.63, 3.8) is 0 Å². The summed E-state index contributed by atoms with van der Waals surface area (Å²) in [6, 6.07) is 13.2. The number of likely N-dealkylation sites (tertiary alicyclic amines) is 1. The number of ether oxygens (including phenoxy) is 1. The minimum atomic E-state index is -0.408. The van der Waals surface area contributed by atoms with Crippen LogP contribution in [0, 0.1) is 5.82 Å². The number of carbonyl (C=O) groups excluding carboxylic acids is 2. The molecule has 0 saturated carbocycles. The predicted molar refractivity (Wildman–Crippen MR) is 113 cm³/mol. The van der Waals surface area contributed by atoms with Crippen molar-refractivity contribution >= 4 is 28.5 Å². The summed E-state index contributed by atoms with van der Waals surface area (Å²) in [5.41, 5.74) is 2.78. The highest BCUT2D eigenvalue weighted by molar-refractivity contribution is 5.99. The van der Waals surface area contributed by atoms with Crippen LogP contribution in [0.4, 0.5) is 10.1 Å². The molecule has 1 aromatic heterocycles. The second kappa shape index (κ2) is 8.28. The van der Waals surface area contributed by atoms with Crippen LogP contribution in [0.15, 0.2) is 48.5 Å². The van der Waals surface area contributed by atoms with Crippen LogP contribution >= 0.6 is 0 Å². The van der Waals surface area contributed by atoms with Crippen LogP contribution in [0.1, 0.15) is 35.3 Å². The second-order valence-corrected chi connectivity index (χ2v) is 7.57. The zero-order valence-electron chi connectivity index (χ0n) is 16.9. The molecule has 1 aliphatic heterocycles. The fourth-order valence-corrected chi connectivity index (χ4v) is 4.13. The van der Waals surface area contributed by atoms with Crippen LogP contribution in [0.25, 0.3) is 10.9 Å². The molecular weight excluding hydrogens is 385 g/mol. The number of amides is 1. The molecule has 1 amide bonds. The monoisotopic (exact) mass is 409 g/mol. The average Bonchev–Trinajstić information content (AvgIpc) is 3.32. The van der Waals surface area contributed by atoms with Gasteiger partial charge in [-0.2, -0.15) is 0 Å². The number of benzene rings is 2. The fourth-order valence-electron chi connectivity index (χ4n) is 4.13. The lowest BCUT2D eigenvalue weighted by molar-refractivity contribution is -0.120. The van der Waals surface area contributed by atoms with Crippen LogP contribution in [-0.4, -0.2) is 48.0 Å². The topological polar surface area (TPSA) is 74.4 Å². The Bertz CT molecular complexity index is 1080. The standard InChI is InChI=1S/C23H24FN3O3/c1-3-30-23(29)20-13-15-12-17(8-9-19(15)26-20)25-22(28)21-18(10-11-27(21)2)14-4-6-16(24)7-5-14/h4-9,12-13,18,21,26H,3,10-11H2,1-2H3,(H,25,28). The second-order valence-electron chi connectivity index (χ2n) is 7.57. The number of nitrogens with one attached hydrogen (secondary N) is 2. The molecular formula is C23H24FN3O3. The first-order valence-corrected chi connectivity index (χ1v) is 10.0. The zero-order chi connectivity index (χ0) is 21.3. The Kier molecular flexibility index (Phi) is 5.55. The summed E-state index contributed by atoms with van der Waals surface area (Å²) < 4.78 is 18.3. The SMILES string of the molecule is CCOC(=O)c1cc2cc(NC(=O)C3C(c4ccc(F)cc4)CCN3C)ccc2[nH]1. The first-order valence-electron chi connectivity index (χ1n) is 10.0. The van der Waals surface area contributed by atoms with Gasteiger partial charge in [0.25, 0.3) is 0 Å². The van der Waals surface area contributed by atoms with E-state index in [9.17, 15) is 14.0 Å². The Morgan fingerprint density at radius 2 is 1.97 bits per heavy atom. The normalized spacial score (nSPS) is 19.2. The number of carbonyl (C=O) groups is 2. The Morgan fingerprint density at radius 3 is 2.70 bits per heavy atom. The van der Waals surface area contributed by atoms with Gasteiger partial charge in [-0.3, -0.25) is 9.69 Å². The summed E-state index contributed by atoms with van der Waals surface area (Å²) in [5, 5.41) is 3.81. The van der Waals surface area contributed by atoms with Gasteiger partial charge in [-0.1, -0.05) is 12.1 Å². The Hall–Kier alpha value is -3.19. The third-order valence-electron chi connectivity index (χ3n) is 5.60. The van der Waals surface area contributed by atoms with E-state index in [4.69, 9.17) is 4.74 Å². The van der Waals surface area contributed by atoms with Crippen LogP contribution < -0.4 is 5.32 Å². The van der Waals surface area contributed by atoms with Crippen LogP contribution in [0.3, 0.4) is 0 Å². The van der Waals surface area contributed by atoms with Gasteiger partial charge in [-0.25, -0.2) is 9.18 Å². The summed E-state index contributed by atoms with van der Waals surface area (Å²) in [7, 11) is 1.93. The highest BCUT2D eigenvalue weighted by atomic mass is 19.1. The number of rotatable bonds is 5. The van der Waals surface area contributed by atoms with Gasteiger partial charge >= 0.3 is 5.97 Å². The molecule has 2 atom stereocenters. The number of likely N-dealkylation sites (N-methyl/N-ethyl adjacent to an activating group) is 1. The number of nitrogens with zero attached hydrogens (tertiary/aromatic N) is 1. The zero-order valence-corrected chi connectivity index (χ0v) is 16.9. The number of hydrogen-bond donors (Lipinski definition) is 2. The highest BCUT2D eigenvalue weighted by Gasteiger charge is 2.38. The van der Waals surface area contributed by atoms with E-state index in [2.05, 4.69) is 10.3 Å². The van der Waals surface area contributed by atoms with E-state index < -0.39 is 5.97 Å². The summed E-state index contributed by atoms with van der Waals surface area (Å²) in [5.74, 6) is -0.797. The number of H-pyrrole nitrogens is 1. The van der Waals surface area contributed by atoms with Crippen molar-refractivity contribution in [1.82, 2.24) is 9.88 Å². The number of aromatic nitrogens is 1. The molecule has 2 aromatic carbocycles. The van der Waals surface area contributed by atoms with Crippen molar-refractivity contribution in [2.45, 2.75) is 25.3 Å². The van der Waals surface area contributed by atoms with Gasteiger partial charge in [0.05, 0.1) is 12.6 Å². The third-order valence-corrected chi connectivity index (χ3v) is 5.60. The smallest absolute Gasteiger partial charge is 0.354 e. The summed E-state index contributed by atoms with van der Waals surface area (Å²) in [4.78, 5) is 30.1. The molecule has 2 N–H and O–H groups in total. The molecule has 2 unspecified atom stereocenters. The molecule has 1 aliphatic rings. The fraction of sp³-hybridized carbons (Fsp3) is 0.304. The average molecular weight is 409 g/mol. The maximum atomic E-state index is 13.3. The largest absolute Gasteiger partial charge is 0.461 e. The van der Waals surface area contributed by atoms with Gasteiger partial charge in [-0.15, -0.1) is 0 Å². The van der Waals surface area contributed by atoms with E-state index in [1.807, 2.05) is 24.1 Å². The van der Waals surface area contributed by atoms with E-state index in [-0.39, 0.29) is 23.7 Å². The summed E-state index contributed by atoms with van der Waals surface area (Å²) >= 11 is 0. The lowest BCUT2D eigenvalue weighted by Gasteiger charge is -2.24. The summed E-state index contributed by atoms with van der Waals surface area (Å²) in [6.07, 6.45) is 0.833. The first kappa shape index (κ1) is 20.1. The maximum Gasteiger partial charge on any atom is 0.354 e. The Balaban J connectivity index is 1.53. The molecule has 7 heteroatoms. The number of esters is 1. The van der Waals surface area contributed by atoms with Gasteiger partial charge < -0.3 is 15.0 Å². The van der Waals surface area contributed by atoms with Crippen molar-refractivity contribution in [1.29, 1.82) is 0 Å². The lowest BCUT2D eigenvalue weighted by atomic mass is 9.91. The maximum absolute atomic E-state index is 13.3. The van der Waals surface area contributed by atoms with E-state index in [0.717, 1.165) is 29.4 Å². The predicted octanol–water partition coefficient (Wildman–Crippen LogP) is 3.91. The number of halogens is 1. The molecule has 30 heavy (non-hydrogen) atoms. The lowest BCUT2D eigenvalue weighted by Crippen LogP contribution is -2.40. The van der Waals surface area contributed by atoms with E-state index in [1.54, 1.807) is 31.2 Å². The number of fused-ring (bicyclic) bond motifs is 1. The molecule has 2 heterocycles. The number of anilines is 1. The van der Waals surface area contributed by atoms with E-state index in [1.165, 1.54) is 12.1 Å². The minimum Gasteiger partial charge on any atom is -0.461 e. The number of aromatic amines is 1. The van der Waals surface area contributed by atoms with Crippen molar-refractivity contribution < 1.29 is 18.7 Å². The van der Waals surface area contributed by atoms with Crippen molar-refractivity contribution in [2.75, 3.05) is 25.5 Å². The molecule has 0 aliphatic carbocycles. The van der Waals surface area contributed by atoms with E-state index in [0.29, 0.717) is 18.0 Å². The minimum absolute atomic E-state index is 0.00186. The van der Waals surface area contributed by atoms with Crippen LogP contribution in [0.2, 0.25) is 0 Å². The Morgan fingerprint density at radius 1 is 1.20 bits per heavy atom. The highest BCUT2D eigenvalue weighted by Crippen LogP contribution is 2.33. The molecule has 6 nitrogen and oxygen atoms in total. The molecule has 3 aromatic rings. The number of hydrogen-bond acceptors (Lipinski definition) is 4. The van der Waals surface area contributed by atoms with Gasteiger partial charge in [0.15, 0.2) is 0 Å². The van der Waals surface area contributed by atoms with Gasteiger partial charge in [0.1, 0.15) is 11.5 Å². The first-order chi connectivity index (χ1) is 14.5. The third kappa shape index (κ3) is 3.93. The molecule has 4 rings (SSSR count). The van der Waals surface area contributed by atoms with Crippen LogP contribution in [-0.2, 0) is 9.53 Å². The van der Waals surface area contributed by atoms with E-state index >= 15 is 0 Å². The molecule has 0 radical (unpaired) electrons. The van der Waals surface area contributed by atoms with Crippen molar-refractivity contribution in [2.24, 2.45) is 0 Å². The molecule has 0 bridgehead atoms. The van der Waals surface area contributed by atoms with Crippen molar-refractivity contribution in [3.05, 3.63) is 65.6 Å². The van der Waals surface area contributed by atoms with Gasteiger partial charge in [0.2, 0.25) is 5.91 Å². The summed E-state index contributed by atoms with van der Waals surface area (Å²) in [6.45, 7) is 2.85. The van der Waals surface area contributed by atoms with Crippen molar-refractivity contribution in [3.8, 4) is 0 Å². The molecule has 156 valence electrons. The van der Waals surface area contributed by atoms with Crippen LogP contribution in [0.5, 0.6) is 0 Å².